The molecule has 3 nitrogen and oxygen atoms in total. The number of piperidine rings is 1. The van der Waals surface area contributed by atoms with Crippen LogP contribution >= 0.6 is 0 Å². The molecular weight excluding hydrogens is 200 g/mol. The van der Waals surface area contributed by atoms with Crippen molar-refractivity contribution < 1.29 is 5.21 Å². The molecular formula is C13H24N2O. The van der Waals surface area contributed by atoms with Crippen LogP contribution in [-0.4, -0.2) is 35.5 Å². The molecule has 0 aromatic rings. The number of hydrogen-bond acceptors (Lipinski definition) is 3. The third-order valence-corrected chi connectivity index (χ3v) is 4.01. The van der Waals surface area contributed by atoms with Crippen LogP contribution in [0.15, 0.2) is 5.16 Å². The van der Waals surface area contributed by atoms with Crippen LogP contribution in [0.25, 0.3) is 0 Å². The van der Waals surface area contributed by atoms with E-state index in [1.807, 2.05) is 0 Å². The predicted octanol–water partition coefficient (Wildman–Crippen LogP) is 2.88. The Morgan fingerprint density at radius 2 is 1.81 bits per heavy atom. The fraction of sp³-hybridized carbons (Fsp3) is 0.923. The third kappa shape index (κ3) is 3.21. The van der Waals surface area contributed by atoms with Gasteiger partial charge in [0.25, 0.3) is 0 Å². The minimum atomic E-state index is 0.519. The van der Waals surface area contributed by atoms with E-state index in [0.29, 0.717) is 5.92 Å². The van der Waals surface area contributed by atoms with Crippen molar-refractivity contribution >= 4 is 5.71 Å². The molecule has 16 heavy (non-hydrogen) atoms. The summed E-state index contributed by atoms with van der Waals surface area (Å²) in [6, 6.07) is 0. The fourth-order valence-electron chi connectivity index (χ4n) is 3.03. The second-order valence-electron chi connectivity index (χ2n) is 5.25. The highest BCUT2D eigenvalue weighted by molar-refractivity contribution is 5.86. The zero-order chi connectivity index (χ0) is 11.2. The molecule has 0 aromatic heterocycles. The Bertz CT molecular complexity index is 234. The molecule has 2 rings (SSSR count). The molecule has 92 valence electrons. The van der Waals surface area contributed by atoms with E-state index in [1.165, 1.54) is 58.0 Å². The van der Waals surface area contributed by atoms with Gasteiger partial charge in [0.05, 0.1) is 5.71 Å². The zero-order valence-corrected chi connectivity index (χ0v) is 10.2. The van der Waals surface area contributed by atoms with Crippen LogP contribution in [0.4, 0.5) is 0 Å². The lowest BCUT2D eigenvalue weighted by molar-refractivity contribution is 0.207. The first kappa shape index (κ1) is 11.9. The summed E-state index contributed by atoms with van der Waals surface area (Å²) < 4.78 is 0. The maximum absolute atomic E-state index is 9.09. The van der Waals surface area contributed by atoms with Gasteiger partial charge in [0, 0.05) is 12.5 Å². The number of oxime groups is 1. The topological polar surface area (TPSA) is 35.8 Å². The predicted molar refractivity (Wildman–Crippen MR) is 66.1 cm³/mol. The Kier molecular flexibility index (Phi) is 4.64. The molecule has 2 fully saturated rings. The fourth-order valence-corrected chi connectivity index (χ4v) is 3.03. The van der Waals surface area contributed by atoms with Crippen LogP contribution in [0.3, 0.4) is 0 Å². The van der Waals surface area contributed by atoms with Crippen LogP contribution in [0, 0.1) is 5.92 Å². The molecule has 1 atom stereocenters. The molecule has 1 heterocycles. The van der Waals surface area contributed by atoms with E-state index in [0.717, 1.165) is 18.7 Å². The van der Waals surface area contributed by atoms with Crippen LogP contribution in [0.2, 0.25) is 0 Å². The van der Waals surface area contributed by atoms with Gasteiger partial charge in [0.2, 0.25) is 0 Å². The number of likely N-dealkylation sites (tertiary alicyclic amines) is 1. The van der Waals surface area contributed by atoms with Crippen LogP contribution in [-0.2, 0) is 0 Å². The van der Waals surface area contributed by atoms with E-state index in [1.54, 1.807) is 0 Å². The summed E-state index contributed by atoms with van der Waals surface area (Å²) in [7, 11) is 0. The summed E-state index contributed by atoms with van der Waals surface area (Å²) in [4.78, 5) is 2.56. The van der Waals surface area contributed by atoms with Crippen molar-refractivity contribution in [1.29, 1.82) is 0 Å². The second kappa shape index (κ2) is 6.24. The standard InChI is InChI=1S/C13H24N2O/c16-14-13-8-4-1-3-7-12(13)11-15-9-5-2-6-10-15/h12,16H,1-11H2/b14-13+/t12-/m1/s1. The molecule has 0 bridgehead atoms. The van der Waals surface area contributed by atoms with E-state index in [4.69, 9.17) is 5.21 Å². The smallest absolute Gasteiger partial charge is 0.0614 e. The minimum Gasteiger partial charge on any atom is -0.411 e. The van der Waals surface area contributed by atoms with Crippen molar-refractivity contribution in [3.8, 4) is 0 Å². The maximum Gasteiger partial charge on any atom is 0.0614 e. The lowest BCUT2D eigenvalue weighted by Crippen LogP contribution is -2.36. The highest BCUT2D eigenvalue weighted by Crippen LogP contribution is 2.23. The van der Waals surface area contributed by atoms with Gasteiger partial charge in [-0.3, -0.25) is 0 Å². The molecule has 1 N–H and O–H groups in total. The largest absolute Gasteiger partial charge is 0.411 e. The molecule has 0 amide bonds. The van der Waals surface area contributed by atoms with Gasteiger partial charge in [0.15, 0.2) is 0 Å². The molecule has 2 aliphatic rings. The average molecular weight is 224 g/mol. The van der Waals surface area contributed by atoms with Crippen LogP contribution in [0.1, 0.15) is 51.4 Å². The van der Waals surface area contributed by atoms with Crippen molar-refractivity contribution in [2.75, 3.05) is 19.6 Å². The molecule has 1 aliphatic heterocycles. The SMILES string of the molecule is O/N=C1\CCCCC[C@@H]1CN1CCCCC1. The Hall–Kier alpha value is -0.570. The first-order valence-corrected chi connectivity index (χ1v) is 6.83. The molecule has 0 unspecified atom stereocenters. The Labute approximate surface area is 98.5 Å². The summed E-state index contributed by atoms with van der Waals surface area (Å²) in [6.45, 7) is 3.61. The van der Waals surface area contributed by atoms with E-state index in [-0.39, 0.29) is 0 Å². The van der Waals surface area contributed by atoms with Crippen molar-refractivity contribution in [3.05, 3.63) is 0 Å². The van der Waals surface area contributed by atoms with Gasteiger partial charge >= 0.3 is 0 Å². The molecule has 1 aliphatic carbocycles. The van der Waals surface area contributed by atoms with Gasteiger partial charge in [-0.2, -0.15) is 0 Å². The monoisotopic (exact) mass is 224 g/mol. The highest BCUT2D eigenvalue weighted by Gasteiger charge is 2.22. The minimum absolute atomic E-state index is 0.519. The third-order valence-electron chi connectivity index (χ3n) is 4.01. The summed E-state index contributed by atoms with van der Waals surface area (Å²) in [5.74, 6) is 0.519. The highest BCUT2D eigenvalue weighted by atomic mass is 16.4. The van der Waals surface area contributed by atoms with E-state index in [2.05, 4.69) is 10.1 Å². The molecule has 1 saturated heterocycles. The first-order chi connectivity index (χ1) is 7.90. The van der Waals surface area contributed by atoms with Gasteiger partial charge < -0.3 is 10.1 Å². The number of hydrogen-bond donors (Lipinski definition) is 1. The van der Waals surface area contributed by atoms with Crippen molar-refractivity contribution in [2.24, 2.45) is 11.1 Å². The molecule has 0 spiro atoms. The Morgan fingerprint density at radius 3 is 2.56 bits per heavy atom. The van der Waals surface area contributed by atoms with Crippen molar-refractivity contribution in [2.45, 2.75) is 51.4 Å². The second-order valence-corrected chi connectivity index (χ2v) is 5.25. The molecule has 1 saturated carbocycles. The Balaban J connectivity index is 1.89. The molecule has 0 aromatic carbocycles. The van der Waals surface area contributed by atoms with Crippen LogP contribution < -0.4 is 0 Å². The van der Waals surface area contributed by atoms with E-state index < -0.39 is 0 Å². The maximum atomic E-state index is 9.09. The van der Waals surface area contributed by atoms with Crippen LogP contribution in [0.5, 0.6) is 0 Å². The zero-order valence-electron chi connectivity index (χ0n) is 10.2. The summed E-state index contributed by atoms with van der Waals surface area (Å²) in [5, 5.41) is 12.6. The van der Waals surface area contributed by atoms with Gasteiger partial charge in [-0.25, -0.2) is 0 Å². The number of rotatable bonds is 2. The van der Waals surface area contributed by atoms with E-state index >= 15 is 0 Å². The van der Waals surface area contributed by atoms with Gasteiger partial charge in [-0.05, 0) is 45.2 Å². The average Bonchev–Trinajstić information content (AvgIpc) is 2.55. The van der Waals surface area contributed by atoms with E-state index in [9.17, 15) is 0 Å². The lowest BCUT2D eigenvalue weighted by Gasteiger charge is -2.30. The molecule has 0 radical (unpaired) electrons. The first-order valence-electron chi connectivity index (χ1n) is 6.83. The van der Waals surface area contributed by atoms with Crippen molar-refractivity contribution in [1.82, 2.24) is 4.90 Å². The van der Waals surface area contributed by atoms with Gasteiger partial charge in [0.1, 0.15) is 0 Å². The summed E-state index contributed by atoms with van der Waals surface area (Å²) >= 11 is 0. The quantitative estimate of drug-likeness (QED) is 0.445. The summed E-state index contributed by atoms with van der Waals surface area (Å²) in [5.41, 5.74) is 1.06. The van der Waals surface area contributed by atoms with Gasteiger partial charge in [-0.15, -0.1) is 0 Å². The van der Waals surface area contributed by atoms with Crippen molar-refractivity contribution in [3.63, 3.8) is 0 Å². The lowest BCUT2D eigenvalue weighted by atomic mass is 9.96. The number of nitrogens with zero attached hydrogens (tertiary/aromatic N) is 2. The van der Waals surface area contributed by atoms with Gasteiger partial charge in [-0.1, -0.05) is 24.4 Å². The Morgan fingerprint density at radius 1 is 1.06 bits per heavy atom. The normalized spacial score (nSPS) is 31.5. The summed E-state index contributed by atoms with van der Waals surface area (Å²) in [6.07, 6.45) is 10.1. The molecule has 3 heteroatoms.